The first-order valence-electron chi connectivity index (χ1n) is 10.0. The largest absolute Gasteiger partial charge is 0.348 e. The second-order valence-corrected chi connectivity index (χ2v) is 7.98. The SMILES string of the molecule is Cc1ccc(-c2n[nH]n3c2nc(=O)c2ccc(C(=O)NCc4ccc(Cl)cc4)cc23)cc1. The van der Waals surface area contributed by atoms with Gasteiger partial charge in [-0.15, -0.1) is 0 Å². The number of hydrogen-bond acceptors (Lipinski definition) is 4. The Morgan fingerprint density at radius 2 is 1.81 bits per heavy atom. The van der Waals surface area contributed by atoms with Crippen LogP contribution in [0.4, 0.5) is 0 Å². The maximum atomic E-state index is 12.7. The second-order valence-electron chi connectivity index (χ2n) is 7.54. The lowest BCUT2D eigenvalue weighted by molar-refractivity contribution is 0.0951. The number of H-pyrrole nitrogens is 1. The molecule has 1 amide bonds. The van der Waals surface area contributed by atoms with E-state index in [1.807, 2.05) is 43.3 Å². The van der Waals surface area contributed by atoms with Crippen LogP contribution < -0.4 is 10.9 Å². The van der Waals surface area contributed by atoms with Gasteiger partial charge in [-0.2, -0.15) is 10.1 Å². The summed E-state index contributed by atoms with van der Waals surface area (Å²) in [7, 11) is 0. The molecule has 0 aliphatic heterocycles. The number of carbonyl (C=O) groups is 1. The Morgan fingerprint density at radius 3 is 2.56 bits per heavy atom. The monoisotopic (exact) mass is 443 g/mol. The zero-order chi connectivity index (χ0) is 22.2. The molecule has 0 atom stereocenters. The summed E-state index contributed by atoms with van der Waals surface area (Å²) in [6.07, 6.45) is 0. The van der Waals surface area contributed by atoms with Crippen molar-refractivity contribution < 1.29 is 4.79 Å². The van der Waals surface area contributed by atoms with Crippen LogP contribution in [0, 0.1) is 6.92 Å². The maximum Gasteiger partial charge on any atom is 0.281 e. The standard InChI is InChI=1S/C24H18ClN5O2/c1-14-2-6-16(7-3-14)21-22-27-24(32)19-11-8-17(12-20(19)30(22)29-28-21)23(31)26-13-15-4-9-18(25)10-5-15/h2-12,29H,13H2,1H3,(H,26,31). The number of benzene rings is 3. The number of halogens is 1. The normalized spacial score (nSPS) is 11.2. The average Bonchev–Trinajstić information content (AvgIpc) is 3.22. The third-order valence-corrected chi connectivity index (χ3v) is 5.57. The summed E-state index contributed by atoms with van der Waals surface area (Å²) in [5, 5.41) is 11.2. The van der Waals surface area contributed by atoms with Gasteiger partial charge in [-0.05, 0) is 42.8 Å². The predicted molar refractivity (Wildman–Crippen MR) is 124 cm³/mol. The lowest BCUT2D eigenvalue weighted by Crippen LogP contribution is -2.23. The fraction of sp³-hybridized carbons (Fsp3) is 0.0833. The van der Waals surface area contributed by atoms with E-state index < -0.39 is 0 Å². The third kappa shape index (κ3) is 3.63. The molecular formula is C24H18ClN5O2. The summed E-state index contributed by atoms with van der Waals surface area (Å²) in [5.74, 6) is -0.252. The van der Waals surface area contributed by atoms with Crippen LogP contribution in [0.5, 0.6) is 0 Å². The average molecular weight is 444 g/mol. The molecule has 5 aromatic rings. The molecule has 0 spiro atoms. The zero-order valence-electron chi connectivity index (χ0n) is 17.1. The van der Waals surface area contributed by atoms with Crippen molar-refractivity contribution in [1.82, 2.24) is 25.1 Å². The predicted octanol–water partition coefficient (Wildman–Crippen LogP) is 4.13. The molecule has 0 saturated heterocycles. The molecule has 0 radical (unpaired) electrons. The van der Waals surface area contributed by atoms with E-state index in [4.69, 9.17) is 11.6 Å². The first-order chi connectivity index (χ1) is 15.5. The van der Waals surface area contributed by atoms with Gasteiger partial charge in [0.2, 0.25) is 0 Å². The fourth-order valence-electron chi connectivity index (χ4n) is 3.56. The van der Waals surface area contributed by atoms with Gasteiger partial charge in [-0.1, -0.05) is 53.6 Å². The van der Waals surface area contributed by atoms with Gasteiger partial charge in [-0.3, -0.25) is 9.59 Å². The van der Waals surface area contributed by atoms with Crippen LogP contribution in [0.25, 0.3) is 27.8 Å². The van der Waals surface area contributed by atoms with Crippen molar-refractivity contribution in [2.24, 2.45) is 0 Å². The molecule has 3 aromatic carbocycles. The van der Waals surface area contributed by atoms with E-state index in [2.05, 4.69) is 20.6 Å². The van der Waals surface area contributed by atoms with E-state index >= 15 is 0 Å². The number of amides is 1. The van der Waals surface area contributed by atoms with Crippen LogP contribution in [0.2, 0.25) is 5.02 Å². The molecule has 32 heavy (non-hydrogen) atoms. The second kappa shape index (κ2) is 7.94. The molecule has 7 nitrogen and oxygen atoms in total. The molecule has 2 N–H and O–H groups in total. The number of aryl methyl sites for hydroxylation is 1. The van der Waals surface area contributed by atoms with Crippen LogP contribution in [-0.4, -0.2) is 25.7 Å². The van der Waals surface area contributed by atoms with E-state index in [9.17, 15) is 9.59 Å². The Hall–Kier alpha value is -3.97. The zero-order valence-corrected chi connectivity index (χ0v) is 17.8. The van der Waals surface area contributed by atoms with Gasteiger partial charge in [-0.25, -0.2) is 9.73 Å². The topological polar surface area (TPSA) is 92.2 Å². The highest BCUT2D eigenvalue weighted by atomic mass is 35.5. The Labute approximate surface area is 187 Å². The minimum atomic E-state index is -0.372. The Kier molecular flexibility index (Phi) is 4.95. The molecule has 0 unspecified atom stereocenters. The van der Waals surface area contributed by atoms with E-state index in [0.717, 1.165) is 16.7 Å². The van der Waals surface area contributed by atoms with Gasteiger partial charge < -0.3 is 5.32 Å². The van der Waals surface area contributed by atoms with Gasteiger partial charge >= 0.3 is 0 Å². The van der Waals surface area contributed by atoms with E-state index in [1.165, 1.54) is 0 Å². The summed E-state index contributed by atoms with van der Waals surface area (Å²) in [5.41, 5.74) is 4.47. The Bertz CT molecular complexity index is 1520. The minimum Gasteiger partial charge on any atom is -0.348 e. The summed E-state index contributed by atoms with van der Waals surface area (Å²) < 4.78 is 1.63. The molecular weight excluding hydrogens is 426 g/mol. The van der Waals surface area contributed by atoms with Crippen molar-refractivity contribution in [3.05, 3.63) is 98.8 Å². The highest BCUT2D eigenvalue weighted by molar-refractivity contribution is 6.30. The first kappa shape index (κ1) is 20.0. The lowest BCUT2D eigenvalue weighted by atomic mass is 10.1. The number of rotatable bonds is 4. The van der Waals surface area contributed by atoms with Crippen LogP contribution in [-0.2, 0) is 6.54 Å². The van der Waals surface area contributed by atoms with Crippen molar-refractivity contribution in [3.8, 4) is 11.3 Å². The van der Waals surface area contributed by atoms with Gasteiger partial charge in [0.05, 0.1) is 10.9 Å². The van der Waals surface area contributed by atoms with E-state index in [-0.39, 0.29) is 11.5 Å². The van der Waals surface area contributed by atoms with Crippen molar-refractivity contribution in [3.63, 3.8) is 0 Å². The molecule has 5 rings (SSSR count). The smallest absolute Gasteiger partial charge is 0.281 e. The summed E-state index contributed by atoms with van der Waals surface area (Å²) in [4.78, 5) is 29.6. The summed E-state index contributed by atoms with van der Waals surface area (Å²) >= 11 is 5.91. The highest BCUT2D eigenvalue weighted by Crippen LogP contribution is 2.23. The van der Waals surface area contributed by atoms with Crippen molar-refractivity contribution in [2.45, 2.75) is 13.5 Å². The van der Waals surface area contributed by atoms with Crippen molar-refractivity contribution in [1.29, 1.82) is 0 Å². The number of fused-ring (bicyclic) bond motifs is 3. The lowest BCUT2D eigenvalue weighted by Gasteiger charge is -2.07. The third-order valence-electron chi connectivity index (χ3n) is 5.32. The molecule has 0 aliphatic rings. The maximum absolute atomic E-state index is 12.7. The molecule has 0 fully saturated rings. The van der Waals surface area contributed by atoms with Crippen molar-refractivity contribution in [2.75, 3.05) is 0 Å². The van der Waals surface area contributed by atoms with Gasteiger partial charge in [0, 0.05) is 22.7 Å². The van der Waals surface area contributed by atoms with Gasteiger partial charge in [0.25, 0.3) is 11.5 Å². The van der Waals surface area contributed by atoms with Crippen LogP contribution in [0.1, 0.15) is 21.5 Å². The van der Waals surface area contributed by atoms with E-state index in [1.54, 1.807) is 34.8 Å². The number of nitrogens with one attached hydrogen (secondary N) is 2. The number of aromatic nitrogens is 4. The summed E-state index contributed by atoms with van der Waals surface area (Å²) in [6.45, 7) is 2.36. The molecule has 2 heterocycles. The summed E-state index contributed by atoms with van der Waals surface area (Å²) in [6, 6.07) is 20.0. The fourth-order valence-corrected chi connectivity index (χ4v) is 3.69. The molecule has 8 heteroatoms. The number of nitrogens with zero attached hydrogens (tertiary/aromatic N) is 3. The van der Waals surface area contributed by atoms with E-state index in [0.29, 0.717) is 39.4 Å². The Balaban J connectivity index is 1.52. The van der Waals surface area contributed by atoms with Crippen molar-refractivity contribution >= 4 is 34.1 Å². The Morgan fingerprint density at radius 1 is 1.06 bits per heavy atom. The molecule has 2 aromatic heterocycles. The first-order valence-corrected chi connectivity index (χ1v) is 10.4. The molecule has 0 aliphatic carbocycles. The number of aromatic amines is 1. The van der Waals surface area contributed by atoms with Crippen LogP contribution >= 0.6 is 11.6 Å². The minimum absolute atomic E-state index is 0.252. The van der Waals surface area contributed by atoms with Gasteiger partial charge in [0.1, 0.15) is 5.69 Å². The molecule has 0 saturated carbocycles. The van der Waals surface area contributed by atoms with Crippen LogP contribution in [0.15, 0.2) is 71.5 Å². The number of carbonyl (C=O) groups excluding carboxylic acids is 1. The van der Waals surface area contributed by atoms with Crippen LogP contribution in [0.3, 0.4) is 0 Å². The molecule has 158 valence electrons. The van der Waals surface area contributed by atoms with Gasteiger partial charge in [0.15, 0.2) is 5.65 Å². The quantitative estimate of drug-likeness (QED) is 0.437. The molecule has 0 bridgehead atoms. The number of hydrogen-bond donors (Lipinski definition) is 2. The highest BCUT2D eigenvalue weighted by Gasteiger charge is 2.15.